The lowest BCUT2D eigenvalue weighted by atomic mass is 10.0. The molecule has 0 radical (unpaired) electrons. The van der Waals surface area contributed by atoms with Crippen molar-refractivity contribution in [3.63, 3.8) is 0 Å². The Morgan fingerprint density at radius 3 is 3.16 bits per heavy atom. The lowest BCUT2D eigenvalue weighted by molar-refractivity contribution is 0.505. The van der Waals surface area contributed by atoms with E-state index >= 15 is 0 Å². The van der Waals surface area contributed by atoms with E-state index in [-0.39, 0.29) is 0 Å². The molecule has 2 rings (SSSR count). The molecule has 0 aromatic carbocycles. The molecule has 100 valence electrons. The van der Waals surface area contributed by atoms with Crippen LogP contribution in [0.15, 0.2) is 23.7 Å². The van der Waals surface area contributed by atoms with Gasteiger partial charge in [0, 0.05) is 18.7 Å². The molecule has 0 spiro atoms. The summed E-state index contributed by atoms with van der Waals surface area (Å²) in [5, 5.41) is 5.69. The van der Waals surface area contributed by atoms with E-state index in [9.17, 15) is 0 Å². The van der Waals surface area contributed by atoms with Crippen LogP contribution in [0.4, 0.5) is 0 Å². The Morgan fingerprint density at radius 1 is 1.47 bits per heavy atom. The van der Waals surface area contributed by atoms with Gasteiger partial charge in [0.25, 0.3) is 0 Å². The number of hydrogen-bond donors (Lipinski definition) is 1. The van der Waals surface area contributed by atoms with Crippen molar-refractivity contribution in [3.8, 4) is 11.8 Å². The molecule has 2 aromatic heterocycles. The molecule has 19 heavy (non-hydrogen) atoms. The highest BCUT2D eigenvalue weighted by atomic mass is 32.1. The summed E-state index contributed by atoms with van der Waals surface area (Å²) in [4.78, 5) is 4.53. The summed E-state index contributed by atoms with van der Waals surface area (Å²) in [5.41, 5.74) is 2.37. The Bertz CT molecular complexity index is 577. The standard InChI is InChI=1S/C16H20N2S/c1-3-5-6-7-14(17-9-4-2)13-11-16-15(18-12-13)8-10-19-16/h8,10-12,14,17H,4,6-7,9H2,1-2H3. The lowest BCUT2D eigenvalue weighted by Crippen LogP contribution is -2.22. The Kier molecular flexibility index (Phi) is 5.38. The fourth-order valence-electron chi connectivity index (χ4n) is 2.10. The van der Waals surface area contributed by atoms with Gasteiger partial charge in [0.05, 0.1) is 10.2 Å². The number of hydrogen-bond acceptors (Lipinski definition) is 3. The van der Waals surface area contributed by atoms with E-state index in [1.807, 2.05) is 13.1 Å². The molecule has 0 saturated heterocycles. The Morgan fingerprint density at radius 2 is 2.37 bits per heavy atom. The van der Waals surface area contributed by atoms with Crippen molar-refractivity contribution >= 4 is 21.6 Å². The van der Waals surface area contributed by atoms with E-state index in [1.165, 1.54) is 10.3 Å². The van der Waals surface area contributed by atoms with Gasteiger partial charge in [-0.05, 0) is 49.4 Å². The van der Waals surface area contributed by atoms with Gasteiger partial charge in [-0.15, -0.1) is 23.2 Å². The maximum Gasteiger partial charge on any atom is 0.0809 e. The number of fused-ring (bicyclic) bond motifs is 1. The number of thiophene rings is 1. The first-order valence-corrected chi connectivity index (χ1v) is 7.69. The minimum Gasteiger partial charge on any atom is -0.310 e. The molecule has 0 amide bonds. The van der Waals surface area contributed by atoms with E-state index in [0.29, 0.717) is 6.04 Å². The average molecular weight is 272 g/mol. The van der Waals surface area contributed by atoms with Crippen LogP contribution in [-0.2, 0) is 0 Å². The number of aromatic nitrogens is 1. The molecule has 0 fully saturated rings. The molecule has 1 atom stereocenters. The second-order valence-electron chi connectivity index (χ2n) is 4.54. The first kappa shape index (κ1) is 14.0. The van der Waals surface area contributed by atoms with Crippen LogP contribution in [0.1, 0.15) is 44.7 Å². The summed E-state index contributed by atoms with van der Waals surface area (Å²) < 4.78 is 1.27. The van der Waals surface area contributed by atoms with Crippen LogP contribution < -0.4 is 5.32 Å². The average Bonchev–Trinajstić information content (AvgIpc) is 2.90. The molecule has 2 nitrogen and oxygen atoms in total. The Hall–Kier alpha value is -1.37. The summed E-state index contributed by atoms with van der Waals surface area (Å²) in [6, 6.07) is 4.69. The third-order valence-electron chi connectivity index (χ3n) is 3.10. The molecule has 3 heteroatoms. The minimum absolute atomic E-state index is 0.361. The summed E-state index contributed by atoms with van der Waals surface area (Å²) in [6.45, 7) is 5.12. The number of rotatable bonds is 6. The fourth-order valence-corrected chi connectivity index (χ4v) is 2.89. The van der Waals surface area contributed by atoms with Gasteiger partial charge in [-0.1, -0.05) is 6.92 Å². The zero-order valence-electron chi connectivity index (χ0n) is 11.6. The molecule has 2 aromatic rings. The number of nitrogens with one attached hydrogen (secondary N) is 1. The zero-order valence-corrected chi connectivity index (χ0v) is 12.4. The van der Waals surface area contributed by atoms with Crippen LogP contribution in [0.5, 0.6) is 0 Å². The van der Waals surface area contributed by atoms with Gasteiger partial charge in [-0.25, -0.2) is 0 Å². The molecule has 1 unspecified atom stereocenters. The van der Waals surface area contributed by atoms with Crippen molar-refractivity contribution in [2.24, 2.45) is 0 Å². The maximum absolute atomic E-state index is 4.53. The lowest BCUT2D eigenvalue weighted by Gasteiger charge is -2.17. The van der Waals surface area contributed by atoms with Crippen molar-refractivity contribution in [2.45, 2.75) is 39.2 Å². The zero-order chi connectivity index (χ0) is 13.5. The van der Waals surface area contributed by atoms with Crippen molar-refractivity contribution in [1.29, 1.82) is 0 Å². The highest BCUT2D eigenvalue weighted by molar-refractivity contribution is 7.17. The Labute approximate surface area is 119 Å². The molecule has 1 N–H and O–H groups in total. The van der Waals surface area contributed by atoms with E-state index in [2.05, 4.69) is 46.6 Å². The fraction of sp³-hybridized carbons (Fsp3) is 0.438. The molecular formula is C16H20N2S. The predicted molar refractivity (Wildman–Crippen MR) is 83.3 cm³/mol. The highest BCUT2D eigenvalue weighted by Crippen LogP contribution is 2.24. The van der Waals surface area contributed by atoms with Crippen LogP contribution in [-0.4, -0.2) is 11.5 Å². The van der Waals surface area contributed by atoms with Gasteiger partial charge in [-0.3, -0.25) is 4.98 Å². The molecule has 0 aliphatic heterocycles. The van der Waals surface area contributed by atoms with Crippen LogP contribution in [0.3, 0.4) is 0 Å². The summed E-state index contributed by atoms with van der Waals surface area (Å²) in [5.74, 6) is 6.11. The van der Waals surface area contributed by atoms with E-state index < -0.39 is 0 Å². The first-order chi connectivity index (χ1) is 9.35. The summed E-state index contributed by atoms with van der Waals surface area (Å²) >= 11 is 1.75. The van der Waals surface area contributed by atoms with Gasteiger partial charge in [0.15, 0.2) is 0 Å². The molecular weight excluding hydrogens is 252 g/mol. The number of pyridine rings is 1. The normalized spacial score (nSPS) is 12.1. The van der Waals surface area contributed by atoms with Crippen LogP contribution >= 0.6 is 11.3 Å². The third kappa shape index (κ3) is 3.79. The van der Waals surface area contributed by atoms with Crippen LogP contribution in [0.2, 0.25) is 0 Å². The van der Waals surface area contributed by atoms with Gasteiger partial charge in [0.1, 0.15) is 0 Å². The smallest absolute Gasteiger partial charge is 0.0809 e. The van der Waals surface area contributed by atoms with Gasteiger partial charge < -0.3 is 5.32 Å². The van der Waals surface area contributed by atoms with Gasteiger partial charge in [-0.2, -0.15) is 0 Å². The highest BCUT2D eigenvalue weighted by Gasteiger charge is 2.11. The second-order valence-corrected chi connectivity index (χ2v) is 5.49. The Balaban J connectivity index is 2.16. The summed E-state index contributed by atoms with van der Waals surface area (Å²) in [7, 11) is 0. The van der Waals surface area contributed by atoms with Crippen molar-refractivity contribution < 1.29 is 0 Å². The first-order valence-electron chi connectivity index (χ1n) is 6.81. The number of nitrogens with zero attached hydrogens (tertiary/aromatic N) is 1. The minimum atomic E-state index is 0.361. The SMILES string of the molecule is CC#CCCC(NCCC)c1cnc2ccsc2c1. The topological polar surface area (TPSA) is 24.9 Å². The quantitative estimate of drug-likeness (QED) is 0.799. The maximum atomic E-state index is 4.53. The molecule has 0 saturated carbocycles. The van der Waals surface area contributed by atoms with E-state index in [0.717, 1.165) is 31.3 Å². The van der Waals surface area contributed by atoms with Crippen molar-refractivity contribution in [1.82, 2.24) is 10.3 Å². The monoisotopic (exact) mass is 272 g/mol. The molecule has 0 aliphatic carbocycles. The summed E-state index contributed by atoms with van der Waals surface area (Å²) in [6.07, 6.45) is 5.12. The second kappa shape index (κ2) is 7.28. The van der Waals surface area contributed by atoms with Gasteiger partial charge >= 0.3 is 0 Å². The molecule has 0 aliphatic rings. The molecule has 2 heterocycles. The van der Waals surface area contributed by atoms with Gasteiger partial charge in [0.2, 0.25) is 0 Å². The van der Waals surface area contributed by atoms with Crippen molar-refractivity contribution in [2.75, 3.05) is 6.54 Å². The molecule has 0 bridgehead atoms. The van der Waals surface area contributed by atoms with E-state index in [1.54, 1.807) is 11.3 Å². The van der Waals surface area contributed by atoms with Crippen molar-refractivity contribution in [3.05, 3.63) is 29.3 Å². The largest absolute Gasteiger partial charge is 0.310 e. The third-order valence-corrected chi connectivity index (χ3v) is 3.95. The van der Waals surface area contributed by atoms with Crippen LogP contribution in [0.25, 0.3) is 10.2 Å². The van der Waals surface area contributed by atoms with Crippen LogP contribution in [0, 0.1) is 11.8 Å². The van der Waals surface area contributed by atoms with E-state index in [4.69, 9.17) is 0 Å². The predicted octanol–water partition coefficient (Wildman–Crippen LogP) is 4.14.